The molecule has 0 N–H and O–H groups in total. The topological polar surface area (TPSA) is 0 Å². The van der Waals surface area contributed by atoms with E-state index in [4.69, 9.17) is 0 Å². The van der Waals surface area contributed by atoms with Crippen molar-refractivity contribution in [2.45, 2.75) is 67.2 Å². The van der Waals surface area contributed by atoms with E-state index >= 15 is 0 Å². The molecule has 0 aromatic rings. The number of hydrogen-bond donors (Lipinski definition) is 0. The van der Waals surface area contributed by atoms with E-state index in [1.807, 2.05) is 0 Å². The summed E-state index contributed by atoms with van der Waals surface area (Å²) in [5.41, 5.74) is 1.88. The van der Waals surface area contributed by atoms with Crippen molar-refractivity contribution in [3.05, 3.63) is 0 Å². The molecule has 15 heavy (non-hydrogen) atoms. The Labute approximate surface area is 95.8 Å². The molecule has 0 radical (unpaired) electrons. The Kier molecular flexibility index (Phi) is 2.31. The summed E-state index contributed by atoms with van der Waals surface area (Å²) in [6, 6.07) is 0. The van der Waals surface area contributed by atoms with Gasteiger partial charge in [-0.15, -0.1) is 0 Å². The van der Waals surface area contributed by atoms with Crippen LogP contribution in [0.1, 0.15) is 67.2 Å². The average Bonchev–Trinajstić information content (AvgIpc) is 2.47. The minimum absolute atomic E-state index is 0.583. The molecule has 0 amide bonds. The van der Waals surface area contributed by atoms with E-state index in [2.05, 4.69) is 41.5 Å². The van der Waals surface area contributed by atoms with Gasteiger partial charge >= 0.3 is 0 Å². The molecular weight excluding hydrogens is 180 g/mol. The van der Waals surface area contributed by atoms with Crippen LogP contribution in [0.4, 0.5) is 0 Å². The maximum atomic E-state index is 2.56. The Morgan fingerprint density at radius 1 is 1.20 bits per heavy atom. The Morgan fingerprint density at radius 2 is 1.80 bits per heavy atom. The quantitative estimate of drug-likeness (QED) is 0.620. The molecule has 0 nitrogen and oxygen atoms in total. The average molecular weight is 208 g/mol. The summed E-state index contributed by atoms with van der Waals surface area (Å²) in [5, 5.41) is 0. The predicted octanol–water partition coefficient (Wildman–Crippen LogP) is 4.89. The molecule has 0 bridgehead atoms. The summed E-state index contributed by atoms with van der Waals surface area (Å²) in [5.74, 6) is 1.93. The minimum Gasteiger partial charge on any atom is -0.0651 e. The van der Waals surface area contributed by atoms with Gasteiger partial charge in [-0.1, -0.05) is 48.0 Å². The third kappa shape index (κ3) is 1.20. The molecule has 88 valence electrons. The highest BCUT2D eigenvalue weighted by molar-refractivity contribution is 5.25. The van der Waals surface area contributed by atoms with Gasteiger partial charge in [0.05, 0.1) is 0 Å². The minimum atomic E-state index is 0.583. The Bertz CT molecular complexity index is 265. The second kappa shape index (κ2) is 3.02. The van der Waals surface area contributed by atoms with E-state index in [9.17, 15) is 0 Å². The third-order valence-corrected chi connectivity index (χ3v) is 6.50. The van der Waals surface area contributed by atoms with Crippen molar-refractivity contribution in [3.8, 4) is 0 Å². The summed E-state index contributed by atoms with van der Waals surface area (Å²) in [7, 11) is 0. The Morgan fingerprint density at radius 3 is 2.20 bits per heavy atom. The van der Waals surface area contributed by atoms with Gasteiger partial charge in [0.25, 0.3) is 0 Å². The van der Waals surface area contributed by atoms with E-state index in [0.29, 0.717) is 16.2 Å². The molecule has 0 aromatic heterocycles. The van der Waals surface area contributed by atoms with Gasteiger partial charge in [-0.05, 0) is 47.3 Å². The molecule has 0 aliphatic heterocycles. The summed E-state index contributed by atoms with van der Waals surface area (Å²) in [6.45, 7) is 14.9. The molecule has 4 atom stereocenters. The molecule has 0 heterocycles. The summed E-state index contributed by atoms with van der Waals surface area (Å²) in [6.07, 6.45) is 5.73. The lowest BCUT2D eigenvalue weighted by atomic mass is 9.70. The number of fused-ring (bicyclic) bond motifs is 1. The zero-order valence-electron chi connectivity index (χ0n) is 11.5. The highest BCUT2D eigenvalue weighted by Crippen LogP contribution is 2.84. The van der Waals surface area contributed by atoms with Crippen LogP contribution in [0.2, 0.25) is 0 Å². The molecular formula is C15H28. The molecule has 2 fully saturated rings. The maximum absolute atomic E-state index is 2.56. The smallest absolute Gasteiger partial charge is 0.0184 e. The molecule has 2 rings (SSSR count). The number of rotatable bonds is 3. The standard InChI is InChI=1S/C15H28/c1-7-11(2)10-14(5)12-8-9-13(3,4)15(12,14)6/h11-12H,7-10H2,1-6H3. The van der Waals surface area contributed by atoms with E-state index in [1.165, 1.54) is 25.7 Å². The zero-order chi connectivity index (χ0) is 11.5. The van der Waals surface area contributed by atoms with E-state index < -0.39 is 0 Å². The lowest BCUT2D eigenvalue weighted by Crippen LogP contribution is -2.27. The van der Waals surface area contributed by atoms with E-state index in [0.717, 1.165) is 11.8 Å². The molecule has 0 heteroatoms. The second-order valence-electron chi connectivity index (χ2n) is 7.31. The van der Waals surface area contributed by atoms with Crippen LogP contribution >= 0.6 is 0 Å². The van der Waals surface area contributed by atoms with E-state index in [1.54, 1.807) is 0 Å². The molecule has 4 unspecified atom stereocenters. The van der Waals surface area contributed by atoms with Crippen molar-refractivity contribution in [2.24, 2.45) is 28.1 Å². The van der Waals surface area contributed by atoms with Gasteiger partial charge in [0.1, 0.15) is 0 Å². The van der Waals surface area contributed by atoms with Crippen molar-refractivity contribution >= 4 is 0 Å². The van der Waals surface area contributed by atoms with Gasteiger partial charge < -0.3 is 0 Å². The molecule has 0 spiro atoms. The van der Waals surface area contributed by atoms with Crippen LogP contribution in [-0.4, -0.2) is 0 Å². The second-order valence-corrected chi connectivity index (χ2v) is 7.31. The van der Waals surface area contributed by atoms with Crippen molar-refractivity contribution < 1.29 is 0 Å². The van der Waals surface area contributed by atoms with Gasteiger partial charge in [-0.3, -0.25) is 0 Å². The van der Waals surface area contributed by atoms with Gasteiger partial charge in [0.2, 0.25) is 0 Å². The van der Waals surface area contributed by atoms with Crippen LogP contribution in [0.5, 0.6) is 0 Å². The summed E-state index contributed by atoms with van der Waals surface area (Å²) in [4.78, 5) is 0. The van der Waals surface area contributed by atoms with Gasteiger partial charge in [-0.2, -0.15) is 0 Å². The first-order chi connectivity index (χ1) is 6.79. The number of hydrogen-bond acceptors (Lipinski definition) is 0. The van der Waals surface area contributed by atoms with Crippen LogP contribution < -0.4 is 0 Å². The Hall–Kier alpha value is 0. The normalized spacial score (nSPS) is 48.8. The fourth-order valence-corrected chi connectivity index (χ4v) is 4.83. The maximum Gasteiger partial charge on any atom is -0.0184 e. The largest absolute Gasteiger partial charge is 0.0651 e. The lowest BCUT2D eigenvalue weighted by molar-refractivity contribution is 0.141. The highest BCUT2D eigenvalue weighted by Gasteiger charge is 2.77. The van der Waals surface area contributed by atoms with Gasteiger partial charge in [-0.25, -0.2) is 0 Å². The molecule has 2 aliphatic carbocycles. The third-order valence-electron chi connectivity index (χ3n) is 6.50. The Balaban J connectivity index is 2.15. The fraction of sp³-hybridized carbons (Fsp3) is 1.00. The fourth-order valence-electron chi connectivity index (χ4n) is 4.83. The summed E-state index contributed by atoms with van der Waals surface area (Å²) >= 11 is 0. The van der Waals surface area contributed by atoms with Crippen molar-refractivity contribution in [2.75, 3.05) is 0 Å². The van der Waals surface area contributed by atoms with Crippen LogP contribution in [0.3, 0.4) is 0 Å². The van der Waals surface area contributed by atoms with Crippen molar-refractivity contribution in [1.29, 1.82) is 0 Å². The van der Waals surface area contributed by atoms with Crippen LogP contribution in [0.25, 0.3) is 0 Å². The first-order valence-electron chi connectivity index (χ1n) is 6.79. The highest BCUT2D eigenvalue weighted by atomic mass is 14.8. The van der Waals surface area contributed by atoms with Crippen LogP contribution in [0, 0.1) is 28.1 Å². The van der Waals surface area contributed by atoms with Gasteiger partial charge in [0.15, 0.2) is 0 Å². The molecule has 0 aromatic carbocycles. The van der Waals surface area contributed by atoms with Crippen molar-refractivity contribution in [3.63, 3.8) is 0 Å². The predicted molar refractivity (Wildman–Crippen MR) is 66.8 cm³/mol. The zero-order valence-corrected chi connectivity index (χ0v) is 11.5. The van der Waals surface area contributed by atoms with Crippen molar-refractivity contribution in [1.82, 2.24) is 0 Å². The molecule has 2 saturated carbocycles. The van der Waals surface area contributed by atoms with Gasteiger partial charge in [0, 0.05) is 0 Å². The first-order valence-corrected chi connectivity index (χ1v) is 6.79. The summed E-state index contributed by atoms with van der Waals surface area (Å²) < 4.78 is 0. The molecule has 0 saturated heterocycles. The lowest BCUT2D eigenvalue weighted by Gasteiger charge is -2.35. The molecule has 2 aliphatic rings. The monoisotopic (exact) mass is 208 g/mol. The van der Waals surface area contributed by atoms with E-state index in [-0.39, 0.29) is 0 Å². The SMILES string of the molecule is CCC(C)CC1(C)C2CCC(C)(C)C21C. The van der Waals surface area contributed by atoms with Crippen LogP contribution in [-0.2, 0) is 0 Å². The first kappa shape index (κ1) is 11.5. The van der Waals surface area contributed by atoms with Crippen LogP contribution in [0.15, 0.2) is 0 Å².